The predicted octanol–water partition coefficient (Wildman–Crippen LogP) is 13.0. The first-order chi connectivity index (χ1) is 25.8. The van der Waals surface area contributed by atoms with Crippen LogP contribution in [-0.4, -0.2) is 30.0 Å². The Balaban J connectivity index is 5.87. The minimum absolute atomic E-state index is 0.636. The number of ether oxygens (including phenoxy) is 4. The van der Waals surface area contributed by atoms with Gasteiger partial charge in [-0.25, -0.2) is 19.2 Å². The first kappa shape index (κ1) is 49.8. The second-order valence-electron chi connectivity index (χ2n) is 14.0. The Morgan fingerprint density at radius 1 is 0.321 bits per heavy atom. The van der Waals surface area contributed by atoms with Gasteiger partial charge in [0.1, 0.15) is 0 Å². The van der Waals surface area contributed by atoms with Gasteiger partial charge in [0, 0.05) is 24.3 Å². The third-order valence-corrected chi connectivity index (χ3v) is 8.82. The van der Waals surface area contributed by atoms with E-state index in [0.717, 1.165) is 77.0 Å². The average Bonchev–Trinajstić information content (AvgIpc) is 3.12. The van der Waals surface area contributed by atoms with Crippen LogP contribution in [0.25, 0.3) is 0 Å². The standard InChI is InChI=1S/C45H76O8/c1-5-9-13-17-21-25-29-33-37-41(46)50-45(51-42(47)38-34-30-26-22-18-14-10-6-2,52-43(48)39-35-31-27-23-19-15-11-7-3)53-44(49)40-36-32-28-24-20-16-12-8-4/h33-40H,5-32H2,1-4H3. The highest BCUT2D eigenvalue weighted by Crippen LogP contribution is 2.22. The maximum absolute atomic E-state index is 13.1. The third-order valence-electron chi connectivity index (χ3n) is 8.82. The summed E-state index contributed by atoms with van der Waals surface area (Å²) >= 11 is 0. The molecule has 0 saturated carbocycles. The minimum atomic E-state index is -3.05. The van der Waals surface area contributed by atoms with Crippen molar-refractivity contribution in [2.24, 2.45) is 0 Å². The molecule has 0 aliphatic carbocycles. The molecule has 0 aromatic rings. The summed E-state index contributed by atoms with van der Waals surface area (Å²) < 4.78 is 21.6. The summed E-state index contributed by atoms with van der Waals surface area (Å²) in [7, 11) is 0. The maximum atomic E-state index is 13.1. The molecule has 0 rings (SSSR count). The molecular weight excluding hydrogens is 668 g/mol. The molecular formula is C45H76O8. The highest BCUT2D eigenvalue weighted by Gasteiger charge is 2.48. The fraction of sp³-hybridized carbons (Fsp3) is 0.733. The molecule has 8 heteroatoms. The number of carbonyl (C=O) groups excluding carboxylic acids is 4. The molecule has 0 heterocycles. The second kappa shape index (κ2) is 37.2. The molecule has 0 aliphatic heterocycles. The van der Waals surface area contributed by atoms with Crippen LogP contribution in [0, 0.1) is 0 Å². The molecule has 0 saturated heterocycles. The van der Waals surface area contributed by atoms with E-state index in [-0.39, 0.29) is 0 Å². The summed E-state index contributed by atoms with van der Waals surface area (Å²) in [5.41, 5.74) is 0. The molecule has 304 valence electrons. The molecule has 53 heavy (non-hydrogen) atoms. The first-order valence-electron chi connectivity index (χ1n) is 21.4. The zero-order chi connectivity index (χ0) is 39.1. The van der Waals surface area contributed by atoms with Crippen LogP contribution in [0.2, 0.25) is 0 Å². The Hall–Kier alpha value is -3.16. The Labute approximate surface area is 323 Å². The quantitative estimate of drug-likeness (QED) is 0.0270. The van der Waals surface area contributed by atoms with Gasteiger partial charge in [-0.15, -0.1) is 0 Å². The number of esters is 4. The van der Waals surface area contributed by atoms with Crippen molar-refractivity contribution in [3.05, 3.63) is 48.6 Å². The molecule has 0 bridgehead atoms. The van der Waals surface area contributed by atoms with Crippen LogP contribution in [0.15, 0.2) is 48.6 Å². The minimum Gasteiger partial charge on any atom is -0.349 e. The highest BCUT2D eigenvalue weighted by molar-refractivity contribution is 5.87. The van der Waals surface area contributed by atoms with E-state index in [1.165, 1.54) is 101 Å². The van der Waals surface area contributed by atoms with Gasteiger partial charge < -0.3 is 18.9 Å². The molecule has 0 aromatic heterocycles. The van der Waals surface area contributed by atoms with Crippen molar-refractivity contribution in [2.75, 3.05) is 0 Å². The van der Waals surface area contributed by atoms with E-state index in [2.05, 4.69) is 27.7 Å². The lowest BCUT2D eigenvalue weighted by atomic mass is 10.1. The molecule has 0 spiro atoms. The number of hydrogen-bond acceptors (Lipinski definition) is 8. The topological polar surface area (TPSA) is 105 Å². The van der Waals surface area contributed by atoms with Gasteiger partial charge in [-0.05, 0) is 51.4 Å². The second-order valence-corrected chi connectivity index (χ2v) is 14.0. The van der Waals surface area contributed by atoms with Crippen LogP contribution < -0.4 is 0 Å². The van der Waals surface area contributed by atoms with Gasteiger partial charge in [-0.1, -0.05) is 180 Å². The van der Waals surface area contributed by atoms with Crippen LogP contribution in [0.5, 0.6) is 0 Å². The van der Waals surface area contributed by atoms with Gasteiger partial charge in [-0.3, -0.25) is 0 Å². The van der Waals surface area contributed by atoms with E-state index in [4.69, 9.17) is 18.9 Å². The van der Waals surface area contributed by atoms with Crippen molar-refractivity contribution in [3.63, 3.8) is 0 Å². The smallest absolute Gasteiger partial charge is 0.349 e. The maximum Gasteiger partial charge on any atom is 0.620 e. The zero-order valence-electron chi connectivity index (χ0n) is 34.2. The van der Waals surface area contributed by atoms with Crippen molar-refractivity contribution in [2.45, 2.75) is 214 Å². The Kier molecular flexibility index (Phi) is 35.0. The molecule has 0 N–H and O–H groups in total. The van der Waals surface area contributed by atoms with E-state index >= 15 is 0 Å². The molecule has 0 unspecified atom stereocenters. The SMILES string of the molecule is CCCCCCCCC=CC(=O)OC(OC(=O)C=CCCCCCCCC)(OC(=O)C=CCCCCCCCC)OC(=O)C=CCCCCCCCC. The summed E-state index contributed by atoms with van der Waals surface area (Å²) in [4.78, 5) is 52.2. The number of hydrogen-bond donors (Lipinski definition) is 0. The highest BCUT2D eigenvalue weighted by atomic mass is 17.0. The van der Waals surface area contributed by atoms with Crippen LogP contribution in [-0.2, 0) is 38.1 Å². The monoisotopic (exact) mass is 745 g/mol. The number of carbonyl (C=O) groups is 4. The van der Waals surface area contributed by atoms with Crippen molar-refractivity contribution < 1.29 is 38.1 Å². The molecule has 0 amide bonds. The van der Waals surface area contributed by atoms with Gasteiger partial charge in [0.15, 0.2) is 0 Å². The molecule has 0 radical (unpaired) electrons. The Morgan fingerprint density at radius 2 is 0.509 bits per heavy atom. The largest absolute Gasteiger partial charge is 0.620 e. The van der Waals surface area contributed by atoms with E-state index < -0.39 is 30.0 Å². The first-order valence-corrected chi connectivity index (χ1v) is 21.4. The Bertz CT molecular complexity index is 876. The normalized spacial score (nSPS) is 12.9. The van der Waals surface area contributed by atoms with Crippen LogP contribution in [0.1, 0.15) is 207 Å². The lowest BCUT2D eigenvalue weighted by Crippen LogP contribution is -2.47. The molecule has 0 atom stereocenters. The van der Waals surface area contributed by atoms with E-state index in [1.807, 2.05) is 0 Å². The van der Waals surface area contributed by atoms with Gasteiger partial charge in [-0.2, -0.15) is 0 Å². The van der Waals surface area contributed by atoms with Crippen molar-refractivity contribution in [1.29, 1.82) is 0 Å². The van der Waals surface area contributed by atoms with Gasteiger partial charge >= 0.3 is 30.0 Å². The number of unbranched alkanes of at least 4 members (excludes halogenated alkanes) is 24. The fourth-order valence-corrected chi connectivity index (χ4v) is 5.64. The third kappa shape index (κ3) is 33.2. The fourth-order valence-electron chi connectivity index (χ4n) is 5.64. The van der Waals surface area contributed by atoms with Crippen LogP contribution in [0.3, 0.4) is 0 Å². The van der Waals surface area contributed by atoms with Crippen molar-refractivity contribution in [1.82, 2.24) is 0 Å². The summed E-state index contributed by atoms with van der Waals surface area (Å²) in [6.07, 6.45) is 37.3. The summed E-state index contributed by atoms with van der Waals surface area (Å²) in [6, 6.07) is 0. The average molecular weight is 745 g/mol. The molecule has 0 aromatic carbocycles. The van der Waals surface area contributed by atoms with E-state index in [1.54, 1.807) is 24.3 Å². The number of rotatable bonds is 36. The molecule has 0 aliphatic rings. The lowest BCUT2D eigenvalue weighted by Gasteiger charge is -2.27. The molecule has 8 nitrogen and oxygen atoms in total. The summed E-state index contributed by atoms with van der Waals surface area (Å²) in [5.74, 6) is -3.92. The van der Waals surface area contributed by atoms with E-state index in [0.29, 0.717) is 25.7 Å². The summed E-state index contributed by atoms with van der Waals surface area (Å²) in [6.45, 7) is 8.69. The van der Waals surface area contributed by atoms with Crippen LogP contribution >= 0.6 is 0 Å². The van der Waals surface area contributed by atoms with Crippen molar-refractivity contribution >= 4 is 23.9 Å². The van der Waals surface area contributed by atoms with Crippen LogP contribution in [0.4, 0.5) is 0 Å². The van der Waals surface area contributed by atoms with Gasteiger partial charge in [0.05, 0.1) is 0 Å². The summed E-state index contributed by atoms with van der Waals surface area (Å²) in [5, 5.41) is 0. The van der Waals surface area contributed by atoms with Gasteiger partial charge in [0.25, 0.3) is 0 Å². The molecule has 0 fully saturated rings. The van der Waals surface area contributed by atoms with Crippen molar-refractivity contribution in [3.8, 4) is 0 Å². The predicted molar refractivity (Wildman–Crippen MR) is 216 cm³/mol. The number of allylic oxidation sites excluding steroid dienone is 4. The Morgan fingerprint density at radius 3 is 0.717 bits per heavy atom. The lowest BCUT2D eigenvalue weighted by molar-refractivity contribution is -0.427. The van der Waals surface area contributed by atoms with E-state index in [9.17, 15) is 19.2 Å². The zero-order valence-corrected chi connectivity index (χ0v) is 34.2. The van der Waals surface area contributed by atoms with Gasteiger partial charge in [0.2, 0.25) is 0 Å².